The summed E-state index contributed by atoms with van der Waals surface area (Å²) in [4.78, 5) is 21.1. The van der Waals surface area contributed by atoms with Crippen molar-refractivity contribution < 1.29 is 14.3 Å². The van der Waals surface area contributed by atoms with Gasteiger partial charge in [-0.15, -0.1) is 0 Å². The normalized spacial score (nSPS) is 10.5. The van der Waals surface area contributed by atoms with E-state index >= 15 is 0 Å². The third kappa shape index (κ3) is 3.29. The van der Waals surface area contributed by atoms with Gasteiger partial charge in [0.15, 0.2) is 0 Å². The fourth-order valence-electron chi connectivity index (χ4n) is 2.21. The molecule has 0 aliphatic carbocycles. The first kappa shape index (κ1) is 15.0. The molecule has 0 bridgehead atoms. The average Bonchev–Trinajstić information content (AvgIpc) is 2.59. The quantitative estimate of drug-likeness (QED) is 0.692. The Morgan fingerprint density at radius 1 is 1.00 bits per heavy atom. The van der Waals surface area contributed by atoms with E-state index in [0.29, 0.717) is 17.0 Å². The van der Waals surface area contributed by atoms with E-state index in [2.05, 4.69) is 9.97 Å². The molecule has 23 heavy (non-hydrogen) atoms. The highest BCUT2D eigenvalue weighted by molar-refractivity contribution is 5.89. The summed E-state index contributed by atoms with van der Waals surface area (Å²) in [5.74, 6) is 0.291. The van der Waals surface area contributed by atoms with Gasteiger partial charge in [0, 0.05) is 0 Å². The Hall–Kier alpha value is -2.95. The number of aromatic nitrogens is 2. The number of para-hydroxylation sites is 2. The molecule has 5 nitrogen and oxygen atoms in total. The number of rotatable bonds is 4. The molecule has 0 spiro atoms. The minimum Gasteiger partial charge on any atom is -0.497 e. The highest BCUT2D eigenvalue weighted by Crippen LogP contribution is 2.15. The smallest absolute Gasteiger partial charge is 0.338 e. The minimum atomic E-state index is -0.401. The molecule has 1 heterocycles. The van der Waals surface area contributed by atoms with E-state index in [0.717, 1.165) is 16.7 Å². The van der Waals surface area contributed by atoms with Crippen LogP contribution in [-0.4, -0.2) is 23.0 Å². The van der Waals surface area contributed by atoms with Crippen LogP contribution in [0.4, 0.5) is 0 Å². The largest absolute Gasteiger partial charge is 0.497 e. The second kappa shape index (κ2) is 6.44. The number of methoxy groups -OCH3 is 1. The highest BCUT2D eigenvalue weighted by atomic mass is 16.5. The van der Waals surface area contributed by atoms with Crippen molar-refractivity contribution in [2.45, 2.75) is 13.5 Å². The monoisotopic (exact) mass is 308 g/mol. The fraction of sp³-hybridized carbons (Fsp3) is 0.167. The molecule has 0 atom stereocenters. The number of hydrogen-bond donors (Lipinski definition) is 0. The van der Waals surface area contributed by atoms with Gasteiger partial charge in [-0.25, -0.2) is 14.8 Å². The van der Waals surface area contributed by atoms with Crippen molar-refractivity contribution in [3.63, 3.8) is 0 Å². The summed E-state index contributed by atoms with van der Waals surface area (Å²) < 4.78 is 10.4. The van der Waals surface area contributed by atoms with Crippen molar-refractivity contribution in [3.8, 4) is 5.75 Å². The molecule has 5 heteroatoms. The number of esters is 1. The summed E-state index contributed by atoms with van der Waals surface area (Å²) in [6.45, 7) is 1.95. The first-order valence-electron chi connectivity index (χ1n) is 7.21. The van der Waals surface area contributed by atoms with E-state index in [4.69, 9.17) is 9.47 Å². The van der Waals surface area contributed by atoms with E-state index in [1.54, 1.807) is 31.4 Å². The summed E-state index contributed by atoms with van der Waals surface area (Å²) >= 11 is 0. The van der Waals surface area contributed by atoms with Crippen LogP contribution in [0.2, 0.25) is 0 Å². The van der Waals surface area contributed by atoms with Crippen LogP contribution < -0.4 is 4.74 Å². The zero-order valence-corrected chi connectivity index (χ0v) is 12.9. The molecule has 0 unspecified atom stereocenters. The number of hydrogen-bond acceptors (Lipinski definition) is 5. The van der Waals surface area contributed by atoms with Gasteiger partial charge in [0.2, 0.25) is 0 Å². The van der Waals surface area contributed by atoms with E-state index in [1.807, 2.05) is 31.2 Å². The molecule has 1 aromatic heterocycles. The van der Waals surface area contributed by atoms with Crippen LogP contribution in [0.25, 0.3) is 11.0 Å². The third-order valence-electron chi connectivity index (χ3n) is 3.51. The Morgan fingerprint density at radius 2 is 1.65 bits per heavy atom. The Kier molecular flexibility index (Phi) is 4.19. The second-order valence-corrected chi connectivity index (χ2v) is 5.05. The predicted molar refractivity (Wildman–Crippen MR) is 86.4 cm³/mol. The molecule has 3 aromatic rings. The lowest BCUT2D eigenvalue weighted by Crippen LogP contribution is -2.08. The van der Waals surface area contributed by atoms with Crippen LogP contribution in [0.5, 0.6) is 5.75 Å². The van der Waals surface area contributed by atoms with Crippen molar-refractivity contribution in [1.29, 1.82) is 0 Å². The van der Waals surface area contributed by atoms with Gasteiger partial charge in [0.05, 0.1) is 35.1 Å². The highest BCUT2D eigenvalue weighted by Gasteiger charge is 2.11. The summed E-state index contributed by atoms with van der Waals surface area (Å²) in [5.41, 5.74) is 3.50. The first-order valence-corrected chi connectivity index (χ1v) is 7.21. The predicted octanol–water partition coefficient (Wildman–Crippen LogP) is 3.30. The number of nitrogens with zero attached hydrogens (tertiary/aromatic N) is 2. The van der Waals surface area contributed by atoms with Crippen molar-refractivity contribution in [3.05, 3.63) is 65.5 Å². The molecule has 116 valence electrons. The minimum absolute atomic E-state index is 0.0918. The van der Waals surface area contributed by atoms with E-state index in [-0.39, 0.29) is 6.61 Å². The number of carbonyl (C=O) groups is 1. The van der Waals surface area contributed by atoms with E-state index in [9.17, 15) is 4.79 Å². The summed E-state index contributed by atoms with van der Waals surface area (Å²) in [6, 6.07) is 14.4. The Labute approximate surface area is 133 Å². The molecular formula is C18H16N2O3. The lowest BCUT2D eigenvalue weighted by Gasteiger charge is -2.08. The number of benzene rings is 2. The van der Waals surface area contributed by atoms with Crippen molar-refractivity contribution in [2.75, 3.05) is 7.11 Å². The van der Waals surface area contributed by atoms with Gasteiger partial charge >= 0.3 is 5.97 Å². The van der Waals surface area contributed by atoms with Crippen LogP contribution in [0.15, 0.2) is 48.5 Å². The van der Waals surface area contributed by atoms with Crippen LogP contribution in [0.1, 0.15) is 21.7 Å². The zero-order valence-electron chi connectivity index (χ0n) is 12.9. The van der Waals surface area contributed by atoms with Crippen LogP contribution in [-0.2, 0) is 11.3 Å². The molecule has 0 fully saturated rings. The maximum absolute atomic E-state index is 12.1. The molecule has 0 saturated carbocycles. The molecule has 0 aliphatic rings. The topological polar surface area (TPSA) is 61.3 Å². The lowest BCUT2D eigenvalue weighted by atomic mass is 10.2. The molecule has 2 aromatic carbocycles. The Bertz CT molecular complexity index is 845. The van der Waals surface area contributed by atoms with Gasteiger partial charge < -0.3 is 9.47 Å². The molecule has 0 amide bonds. The molecule has 3 rings (SSSR count). The summed E-state index contributed by atoms with van der Waals surface area (Å²) in [6.07, 6.45) is 0. The van der Waals surface area contributed by atoms with E-state index < -0.39 is 5.97 Å². The van der Waals surface area contributed by atoms with Crippen LogP contribution in [0, 0.1) is 6.92 Å². The fourth-order valence-corrected chi connectivity index (χ4v) is 2.21. The van der Waals surface area contributed by atoms with Crippen LogP contribution >= 0.6 is 0 Å². The van der Waals surface area contributed by atoms with Gasteiger partial charge in [0.1, 0.15) is 12.4 Å². The SMILES string of the molecule is COc1ccc(C(=O)OCc2nc3ccccc3nc2C)cc1. The maximum Gasteiger partial charge on any atom is 0.338 e. The number of carbonyl (C=O) groups excluding carboxylic acids is 1. The molecule has 0 N–H and O–H groups in total. The Morgan fingerprint density at radius 3 is 2.30 bits per heavy atom. The maximum atomic E-state index is 12.1. The van der Waals surface area contributed by atoms with Gasteiger partial charge in [-0.1, -0.05) is 12.1 Å². The van der Waals surface area contributed by atoms with Crippen molar-refractivity contribution >= 4 is 17.0 Å². The van der Waals surface area contributed by atoms with Crippen LogP contribution in [0.3, 0.4) is 0 Å². The number of ether oxygens (including phenoxy) is 2. The second-order valence-electron chi connectivity index (χ2n) is 5.05. The van der Waals surface area contributed by atoms with Gasteiger partial charge in [0.25, 0.3) is 0 Å². The molecular weight excluding hydrogens is 292 g/mol. The summed E-state index contributed by atoms with van der Waals surface area (Å²) in [5, 5.41) is 0. The molecule has 0 saturated heterocycles. The lowest BCUT2D eigenvalue weighted by molar-refractivity contribution is 0.0467. The van der Waals surface area contributed by atoms with Gasteiger partial charge in [-0.3, -0.25) is 0 Å². The zero-order chi connectivity index (χ0) is 16.2. The van der Waals surface area contributed by atoms with Crippen molar-refractivity contribution in [1.82, 2.24) is 9.97 Å². The first-order chi connectivity index (χ1) is 11.2. The van der Waals surface area contributed by atoms with E-state index in [1.165, 1.54) is 0 Å². The number of aryl methyl sites for hydroxylation is 1. The standard InChI is InChI=1S/C18H16N2O3/c1-12-17(20-16-6-4-3-5-15(16)19-12)11-23-18(21)13-7-9-14(22-2)10-8-13/h3-10H,11H2,1-2H3. The van der Waals surface area contributed by atoms with Gasteiger partial charge in [-0.05, 0) is 43.3 Å². The summed E-state index contributed by atoms with van der Waals surface area (Å²) in [7, 11) is 1.58. The molecule has 0 aliphatic heterocycles. The van der Waals surface area contributed by atoms with Gasteiger partial charge in [-0.2, -0.15) is 0 Å². The Balaban J connectivity index is 1.74. The third-order valence-corrected chi connectivity index (χ3v) is 3.51. The van der Waals surface area contributed by atoms with Crippen molar-refractivity contribution in [2.24, 2.45) is 0 Å². The average molecular weight is 308 g/mol. The number of fused-ring (bicyclic) bond motifs is 1. The molecule has 0 radical (unpaired) electrons.